The van der Waals surface area contributed by atoms with Crippen molar-refractivity contribution in [3.63, 3.8) is 0 Å². The van der Waals surface area contributed by atoms with Crippen molar-refractivity contribution in [3.8, 4) is 0 Å². The SMILES string of the molecule is CCC[C@H]1CC[C@H](CCC2CC[CH]CC2)CC1. The van der Waals surface area contributed by atoms with Crippen LogP contribution in [0.5, 0.6) is 0 Å². The van der Waals surface area contributed by atoms with E-state index in [4.69, 9.17) is 0 Å². The molecule has 0 unspecified atom stereocenters. The van der Waals surface area contributed by atoms with Gasteiger partial charge in [-0.3, -0.25) is 0 Å². The topological polar surface area (TPSA) is 0 Å². The van der Waals surface area contributed by atoms with E-state index in [1.807, 2.05) is 0 Å². The molecule has 0 amide bonds. The van der Waals surface area contributed by atoms with E-state index in [0.717, 1.165) is 17.8 Å². The van der Waals surface area contributed by atoms with Gasteiger partial charge in [-0.25, -0.2) is 0 Å². The van der Waals surface area contributed by atoms with Crippen LogP contribution in [0.1, 0.15) is 84.0 Å². The Kier molecular flexibility index (Phi) is 5.88. The van der Waals surface area contributed by atoms with Crippen LogP contribution in [0.4, 0.5) is 0 Å². The van der Waals surface area contributed by atoms with E-state index in [0.29, 0.717) is 0 Å². The first-order valence-electron chi connectivity index (χ1n) is 8.20. The van der Waals surface area contributed by atoms with Crippen LogP contribution in [-0.2, 0) is 0 Å². The Hall–Kier alpha value is 0. The molecule has 0 heterocycles. The first kappa shape index (κ1) is 13.4. The van der Waals surface area contributed by atoms with Gasteiger partial charge in [0, 0.05) is 0 Å². The summed E-state index contributed by atoms with van der Waals surface area (Å²) in [7, 11) is 0. The minimum absolute atomic E-state index is 1.08. The fraction of sp³-hybridized carbons (Fsp3) is 0.941. The van der Waals surface area contributed by atoms with Gasteiger partial charge in [0.1, 0.15) is 0 Å². The van der Waals surface area contributed by atoms with Gasteiger partial charge in [0.25, 0.3) is 0 Å². The van der Waals surface area contributed by atoms with Crippen molar-refractivity contribution in [2.45, 2.75) is 84.0 Å². The first-order valence-corrected chi connectivity index (χ1v) is 8.20. The summed E-state index contributed by atoms with van der Waals surface area (Å²) in [6.07, 6.45) is 20.4. The van der Waals surface area contributed by atoms with Gasteiger partial charge in [0.05, 0.1) is 0 Å². The summed E-state index contributed by atoms with van der Waals surface area (Å²) in [6, 6.07) is 0. The van der Waals surface area contributed by atoms with Gasteiger partial charge in [0.2, 0.25) is 0 Å². The Morgan fingerprint density at radius 1 is 0.706 bits per heavy atom. The van der Waals surface area contributed by atoms with Crippen molar-refractivity contribution < 1.29 is 0 Å². The molecule has 17 heavy (non-hydrogen) atoms. The van der Waals surface area contributed by atoms with Crippen LogP contribution in [0.15, 0.2) is 0 Å². The maximum Gasteiger partial charge on any atom is -0.0386 e. The van der Waals surface area contributed by atoms with E-state index in [9.17, 15) is 0 Å². The lowest BCUT2D eigenvalue weighted by Crippen LogP contribution is -2.16. The molecule has 0 N–H and O–H groups in total. The molecule has 0 saturated heterocycles. The first-order chi connectivity index (χ1) is 8.38. The van der Waals surface area contributed by atoms with Crippen LogP contribution in [0.3, 0.4) is 0 Å². The summed E-state index contributed by atoms with van der Waals surface area (Å²) in [5.41, 5.74) is 0. The molecule has 0 aromatic rings. The minimum atomic E-state index is 1.08. The van der Waals surface area contributed by atoms with Crippen LogP contribution < -0.4 is 0 Å². The fourth-order valence-corrected chi connectivity index (χ4v) is 3.97. The molecule has 2 saturated carbocycles. The van der Waals surface area contributed by atoms with E-state index < -0.39 is 0 Å². The predicted octanol–water partition coefficient (Wildman–Crippen LogP) is 5.77. The molecular weight excluding hydrogens is 204 g/mol. The Bertz CT molecular complexity index is 182. The highest BCUT2D eigenvalue weighted by Crippen LogP contribution is 2.36. The van der Waals surface area contributed by atoms with E-state index >= 15 is 0 Å². The molecule has 0 aliphatic heterocycles. The molecule has 0 spiro atoms. The van der Waals surface area contributed by atoms with Crippen molar-refractivity contribution in [1.29, 1.82) is 0 Å². The van der Waals surface area contributed by atoms with Crippen LogP contribution in [-0.4, -0.2) is 0 Å². The summed E-state index contributed by atoms with van der Waals surface area (Å²) in [6.45, 7) is 2.34. The lowest BCUT2D eigenvalue weighted by Gasteiger charge is -2.30. The third kappa shape index (κ3) is 4.64. The highest BCUT2D eigenvalue weighted by Gasteiger charge is 2.22. The maximum atomic E-state index is 2.49. The second kappa shape index (κ2) is 7.44. The molecule has 0 aromatic heterocycles. The number of rotatable bonds is 5. The van der Waals surface area contributed by atoms with Crippen molar-refractivity contribution in [2.75, 3.05) is 0 Å². The van der Waals surface area contributed by atoms with Gasteiger partial charge in [-0.05, 0) is 37.0 Å². The zero-order valence-corrected chi connectivity index (χ0v) is 11.8. The van der Waals surface area contributed by atoms with Crippen molar-refractivity contribution >= 4 is 0 Å². The molecule has 0 nitrogen and oxygen atoms in total. The average Bonchev–Trinajstić information content (AvgIpc) is 2.40. The monoisotopic (exact) mass is 235 g/mol. The molecule has 2 aliphatic rings. The smallest absolute Gasteiger partial charge is 0.0386 e. The molecule has 2 aliphatic carbocycles. The zero-order valence-electron chi connectivity index (χ0n) is 11.8. The van der Waals surface area contributed by atoms with Gasteiger partial charge in [-0.15, -0.1) is 0 Å². The molecule has 0 atom stereocenters. The Labute approximate surface area is 109 Å². The lowest BCUT2D eigenvalue weighted by molar-refractivity contribution is 0.232. The summed E-state index contributed by atoms with van der Waals surface area (Å²) < 4.78 is 0. The summed E-state index contributed by atoms with van der Waals surface area (Å²) in [5.74, 6) is 3.25. The van der Waals surface area contributed by atoms with E-state index in [1.165, 1.54) is 57.8 Å². The molecule has 0 bridgehead atoms. The summed E-state index contributed by atoms with van der Waals surface area (Å²) in [4.78, 5) is 0. The standard InChI is InChI=1S/C17H31/c1-2-6-15-9-12-17(13-10-15)14-11-16-7-4-3-5-8-16/h3,15-17H,2,4-14H2,1H3/t15-,17-. The van der Waals surface area contributed by atoms with E-state index in [-0.39, 0.29) is 0 Å². The maximum absolute atomic E-state index is 2.49. The van der Waals surface area contributed by atoms with Crippen LogP contribution in [0.25, 0.3) is 0 Å². The van der Waals surface area contributed by atoms with Gasteiger partial charge in [-0.1, -0.05) is 71.1 Å². The summed E-state index contributed by atoms with van der Waals surface area (Å²) >= 11 is 0. The van der Waals surface area contributed by atoms with Gasteiger partial charge in [0.15, 0.2) is 0 Å². The number of hydrogen-bond acceptors (Lipinski definition) is 0. The van der Waals surface area contributed by atoms with Crippen LogP contribution in [0.2, 0.25) is 0 Å². The fourth-order valence-electron chi connectivity index (χ4n) is 3.97. The average molecular weight is 235 g/mol. The molecular formula is C17H31. The Balaban J connectivity index is 1.57. The lowest BCUT2D eigenvalue weighted by atomic mass is 9.76. The molecule has 2 fully saturated rings. The largest absolute Gasteiger partial charge is 0.0654 e. The minimum Gasteiger partial charge on any atom is -0.0654 e. The third-order valence-corrected chi connectivity index (χ3v) is 5.20. The highest BCUT2D eigenvalue weighted by atomic mass is 14.3. The summed E-state index contributed by atoms with van der Waals surface area (Å²) in [5, 5.41) is 0. The van der Waals surface area contributed by atoms with Gasteiger partial charge in [-0.2, -0.15) is 0 Å². The third-order valence-electron chi connectivity index (χ3n) is 5.20. The Morgan fingerprint density at radius 3 is 1.71 bits per heavy atom. The van der Waals surface area contributed by atoms with Crippen molar-refractivity contribution in [1.82, 2.24) is 0 Å². The second-order valence-electron chi connectivity index (χ2n) is 6.56. The highest BCUT2D eigenvalue weighted by molar-refractivity contribution is 4.78. The van der Waals surface area contributed by atoms with Crippen LogP contribution in [0, 0.1) is 24.2 Å². The number of hydrogen-bond donors (Lipinski definition) is 0. The molecule has 0 aromatic carbocycles. The van der Waals surface area contributed by atoms with E-state index in [1.54, 1.807) is 19.3 Å². The van der Waals surface area contributed by atoms with Crippen molar-refractivity contribution in [3.05, 3.63) is 6.42 Å². The molecule has 1 radical (unpaired) electrons. The predicted molar refractivity (Wildman–Crippen MR) is 75.8 cm³/mol. The second-order valence-corrected chi connectivity index (χ2v) is 6.56. The quantitative estimate of drug-likeness (QED) is 0.567. The zero-order chi connectivity index (χ0) is 11.9. The molecule has 0 heteroatoms. The normalized spacial score (nSPS) is 31.6. The Morgan fingerprint density at radius 2 is 1.18 bits per heavy atom. The van der Waals surface area contributed by atoms with E-state index in [2.05, 4.69) is 13.3 Å². The molecule has 99 valence electrons. The van der Waals surface area contributed by atoms with Gasteiger partial charge < -0.3 is 0 Å². The van der Waals surface area contributed by atoms with Crippen LogP contribution >= 0.6 is 0 Å². The molecule has 2 rings (SSSR count). The van der Waals surface area contributed by atoms with Crippen molar-refractivity contribution in [2.24, 2.45) is 17.8 Å². The van der Waals surface area contributed by atoms with Gasteiger partial charge >= 0.3 is 0 Å².